The number of anilines is 1. The lowest BCUT2D eigenvalue weighted by Crippen LogP contribution is -1.96. The number of nitrogens with one attached hydrogen (secondary N) is 1. The standard InChI is InChI=1S/C15H14ClN3S/c1-8-4-5-10(9(2)6-8)11-7-20-14-12(11)13(16)18-15(17-3)19-14/h4-7H,1-3H3,(H,17,18,19). The molecule has 1 N–H and O–H groups in total. The highest BCUT2D eigenvalue weighted by Gasteiger charge is 2.15. The molecule has 0 aliphatic rings. The van der Waals surface area contributed by atoms with Gasteiger partial charge in [-0.25, -0.2) is 9.97 Å². The summed E-state index contributed by atoms with van der Waals surface area (Å²) in [6, 6.07) is 6.42. The Labute approximate surface area is 126 Å². The van der Waals surface area contributed by atoms with Crippen LogP contribution in [0.15, 0.2) is 23.6 Å². The van der Waals surface area contributed by atoms with Crippen LogP contribution in [0.5, 0.6) is 0 Å². The van der Waals surface area contributed by atoms with E-state index >= 15 is 0 Å². The summed E-state index contributed by atoms with van der Waals surface area (Å²) in [5.41, 5.74) is 4.78. The summed E-state index contributed by atoms with van der Waals surface area (Å²) in [7, 11) is 1.79. The zero-order valence-corrected chi connectivity index (χ0v) is 13.1. The minimum absolute atomic E-state index is 0.496. The highest BCUT2D eigenvalue weighted by atomic mass is 35.5. The van der Waals surface area contributed by atoms with Crippen LogP contribution in [-0.2, 0) is 0 Å². The molecule has 20 heavy (non-hydrogen) atoms. The van der Waals surface area contributed by atoms with Gasteiger partial charge < -0.3 is 5.32 Å². The maximum atomic E-state index is 6.34. The summed E-state index contributed by atoms with van der Waals surface area (Å²) in [6.07, 6.45) is 0. The normalized spacial score (nSPS) is 11.0. The molecular weight excluding hydrogens is 290 g/mol. The molecule has 0 saturated heterocycles. The molecule has 102 valence electrons. The summed E-state index contributed by atoms with van der Waals surface area (Å²) < 4.78 is 0. The van der Waals surface area contributed by atoms with Crippen LogP contribution in [0.4, 0.5) is 5.95 Å². The molecular formula is C15H14ClN3S. The number of hydrogen-bond acceptors (Lipinski definition) is 4. The van der Waals surface area contributed by atoms with Crippen molar-refractivity contribution in [1.82, 2.24) is 9.97 Å². The third-order valence-electron chi connectivity index (χ3n) is 3.29. The van der Waals surface area contributed by atoms with Crippen LogP contribution >= 0.6 is 22.9 Å². The van der Waals surface area contributed by atoms with E-state index in [1.165, 1.54) is 16.7 Å². The van der Waals surface area contributed by atoms with Gasteiger partial charge in [-0.15, -0.1) is 11.3 Å². The van der Waals surface area contributed by atoms with Crippen molar-refractivity contribution >= 4 is 39.1 Å². The van der Waals surface area contributed by atoms with Gasteiger partial charge in [-0.3, -0.25) is 0 Å². The molecule has 3 nitrogen and oxygen atoms in total. The van der Waals surface area contributed by atoms with Crippen LogP contribution in [0, 0.1) is 13.8 Å². The van der Waals surface area contributed by atoms with E-state index in [1.54, 1.807) is 18.4 Å². The number of nitrogens with zero attached hydrogens (tertiary/aromatic N) is 2. The molecule has 0 fully saturated rings. The second-order valence-corrected chi connectivity index (χ2v) is 5.95. The number of halogens is 1. The van der Waals surface area contributed by atoms with E-state index in [4.69, 9.17) is 11.6 Å². The summed E-state index contributed by atoms with van der Waals surface area (Å²) in [5.74, 6) is 0.552. The molecule has 5 heteroatoms. The highest BCUT2D eigenvalue weighted by Crippen LogP contribution is 2.38. The third kappa shape index (κ3) is 2.15. The average Bonchev–Trinajstić information content (AvgIpc) is 2.83. The Morgan fingerprint density at radius 2 is 1.95 bits per heavy atom. The second kappa shape index (κ2) is 5.04. The molecule has 0 radical (unpaired) electrons. The fourth-order valence-corrected chi connectivity index (χ4v) is 3.59. The van der Waals surface area contributed by atoms with Crippen molar-refractivity contribution in [2.24, 2.45) is 0 Å². The molecule has 0 bridgehead atoms. The molecule has 0 unspecified atom stereocenters. The second-order valence-electron chi connectivity index (χ2n) is 4.74. The van der Waals surface area contributed by atoms with Crippen molar-refractivity contribution in [3.8, 4) is 11.1 Å². The van der Waals surface area contributed by atoms with E-state index in [1.807, 2.05) is 0 Å². The van der Waals surface area contributed by atoms with E-state index in [2.05, 4.69) is 52.7 Å². The Bertz CT molecular complexity index is 795. The summed E-state index contributed by atoms with van der Waals surface area (Å²) >= 11 is 7.93. The van der Waals surface area contributed by atoms with Crippen LogP contribution in [0.3, 0.4) is 0 Å². The molecule has 2 aromatic heterocycles. The van der Waals surface area contributed by atoms with Crippen molar-refractivity contribution in [2.75, 3.05) is 12.4 Å². The smallest absolute Gasteiger partial charge is 0.225 e. The molecule has 0 amide bonds. The van der Waals surface area contributed by atoms with Crippen LogP contribution in [-0.4, -0.2) is 17.0 Å². The van der Waals surface area contributed by atoms with Gasteiger partial charge in [0.2, 0.25) is 5.95 Å². The SMILES string of the molecule is CNc1nc(Cl)c2c(-c3ccc(C)cc3C)csc2n1. The van der Waals surface area contributed by atoms with Gasteiger partial charge in [0, 0.05) is 18.0 Å². The number of fused-ring (bicyclic) bond motifs is 1. The largest absolute Gasteiger partial charge is 0.357 e. The molecule has 3 rings (SSSR count). The van der Waals surface area contributed by atoms with Gasteiger partial charge in [-0.05, 0) is 25.0 Å². The number of aryl methyl sites for hydroxylation is 2. The minimum Gasteiger partial charge on any atom is -0.357 e. The van der Waals surface area contributed by atoms with Crippen molar-refractivity contribution in [1.29, 1.82) is 0 Å². The van der Waals surface area contributed by atoms with E-state index in [9.17, 15) is 0 Å². The topological polar surface area (TPSA) is 37.8 Å². The Hall–Kier alpha value is -1.65. The number of hydrogen-bond donors (Lipinski definition) is 1. The van der Waals surface area contributed by atoms with Gasteiger partial charge in [0.1, 0.15) is 9.98 Å². The summed E-state index contributed by atoms with van der Waals surface area (Å²) in [5, 5.41) is 6.46. The Balaban J connectivity index is 2.27. The lowest BCUT2D eigenvalue weighted by molar-refractivity contribution is 1.20. The number of benzene rings is 1. The van der Waals surface area contributed by atoms with Gasteiger partial charge in [0.05, 0.1) is 5.39 Å². The molecule has 0 spiro atoms. The van der Waals surface area contributed by atoms with Crippen molar-refractivity contribution in [3.63, 3.8) is 0 Å². The molecule has 1 aromatic carbocycles. The lowest BCUT2D eigenvalue weighted by atomic mass is 9.99. The monoisotopic (exact) mass is 303 g/mol. The number of thiophene rings is 1. The Morgan fingerprint density at radius 1 is 1.15 bits per heavy atom. The van der Waals surface area contributed by atoms with Crippen molar-refractivity contribution in [3.05, 3.63) is 39.9 Å². The van der Waals surface area contributed by atoms with Gasteiger partial charge in [0.15, 0.2) is 0 Å². The maximum absolute atomic E-state index is 6.34. The first kappa shape index (κ1) is 13.3. The van der Waals surface area contributed by atoms with Gasteiger partial charge in [-0.1, -0.05) is 35.4 Å². The van der Waals surface area contributed by atoms with E-state index < -0.39 is 0 Å². The van der Waals surface area contributed by atoms with E-state index in [0.29, 0.717) is 11.1 Å². The van der Waals surface area contributed by atoms with E-state index in [-0.39, 0.29) is 0 Å². The zero-order valence-electron chi connectivity index (χ0n) is 11.5. The van der Waals surface area contributed by atoms with Gasteiger partial charge >= 0.3 is 0 Å². The zero-order chi connectivity index (χ0) is 14.3. The van der Waals surface area contributed by atoms with Crippen LogP contribution in [0.2, 0.25) is 5.15 Å². The lowest BCUT2D eigenvalue weighted by Gasteiger charge is -2.07. The van der Waals surface area contributed by atoms with Crippen LogP contribution < -0.4 is 5.32 Å². The fraction of sp³-hybridized carbons (Fsp3) is 0.200. The maximum Gasteiger partial charge on any atom is 0.225 e. The predicted octanol–water partition coefficient (Wildman–Crippen LogP) is 4.67. The van der Waals surface area contributed by atoms with Crippen molar-refractivity contribution in [2.45, 2.75) is 13.8 Å². The quantitative estimate of drug-likeness (QED) is 0.699. The van der Waals surface area contributed by atoms with Crippen molar-refractivity contribution < 1.29 is 0 Å². The average molecular weight is 304 g/mol. The third-order valence-corrected chi connectivity index (χ3v) is 4.43. The first-order valence-corrected chi connectivity index (χ1v) is 7.56. The van der Waals surface area contributed by atoms with Gasteiger partial charge in [0.25, 0.3) is 0 Å². The first-order chi connectivity index (χ1) is 9.60. The molecule has 0 aliphatic carbocycles. The number of aromatic nitrogens is 2. The molecule has 3 aromatic rings. The molecule has 2 heterocycles. The molecule has 0 aliphatic heterocycles. The first-order valence-electron chi connectivity index (χ1n) is 6.30. The van der Waals surface area contributed by atoms with Crippen LogP contribution in [0.1, 0.15) is 11.1 Å². The molecule has 0 saturated carbocycles. The Kier molecular flexibility index (Phi) is 3.36. The van der Waals surface area contributed by atoms with E-state index in [0.717, 1.165) is 15.8 Å². The van der Waals surface area contributed by atoms with Crippen LogP contribution in [0.25, 0.3) is 21.3 Å². The summed E-state index contributed by atoms with van der Waals surface area (Å²) in [4.78, 5) is 9.64. The Morgan fingerprint density at radius 3 is 2.65 bits per heavy atom. The number of rotatable bonds is 2. The summed E-state index contributed by atoms with van der Waals surface area (Å²) in [6.45, 7) is 4.21. The molecule has 0 atom stereocenters. The van der Waals surface area contributed by atoms with Gasteiger partial charge in [-0.2, -0.15) is 0 Å². The predicted molar refractivity (Wildman–Crippen MR) is 86.9 cm³/mol. The highest BCUT2D eigenvalue weighted by molar-refractivity contribution is 7.17. The fourth-order valence-electron chi connectivity index (χ4n) is 2.33. The minimum atomic E-state index is 0.496.